The number of rotatable bonds is 4. The van der Waals surface area contributed by atoms with Crippen LogP contribution < -0.4 is 5.32 Å². The number of pyridine rings is 1. The second-order valence-electron chi connectivity index (χ2n) is 7.35. The van der Waals surface area contributed by atoms with Crippen LogP contribution >= 0.6 is 11.3 Å². The van der Waals surface area contributed by atoms with E-state index in [4.69, 9.17) is 4.98 Å². The predicted molar refractivity (Wildman–Crippen MR) is 110 cm³/mol. The monoisotopic (exact) mass is 418 g/mol. The van der Waals surface area contributed by atoms with Crippen molar-refractivity contribution in [2.75, 3.05) is 11.5 Å². The second-order valence-corrected chi connectivity index (χ2v) is 10.6. The van der Waals surface area contributed by atoms with Gasteiger partial charge >= 0.3 is 0 Å². The zero-order valence-electron chi connectivity index (χ0n) is 15.8. The Bertz CT molecular complexity index is 1100. The minimum Gasteiger partial charge on any atom is -0.349 e. The van der Waals surface area contributed by atoms with Gasteiger partial charge in [-0.3, -0.25) is 4.79 Å². The lowest BCUT2D eigenvalue weighted by Crippen LogP contribution is -2.40. The molecule has 7 nitrogen and oxygen atoms in total. The number of aromatic nitrogens is 3. The van der Waals surface area contributed by atoms with Gasteiger partial charge in [-0.25, -0.2) is 18.1 Å². The summed E-state index contributed by atoms with van der Waals surface area (Å²) in [5, 5.41) is 10.1. The Kier molecular flexibility index (Phi) is 4.96. The second kappa shape index (κ2) is 7.29. The maximum atomic E-state index is 13.1. The first kappa shape index (κ1) is 19.1. The van der Waals surface area contributed by atoms with Gasteiger partial charge < -0.3 is 5.32 Å². The van der Waals surface area contributed by atoms with Crippen molar-refractivity contribution < 1.29 is 13.2 Å². The molecule has 1 fully saturated rings. The Morgan fingerprint density at radius 2 is 2.07 bits per heavy atom. The van der Waals surface area contributed by atoms with E-state index in [1.807, 2.05) is 36.0 Å². The largest absolute Gasteiger partial charge is 0.349 e. The molecular weight excluding hydrogens is 396 g/mol. The molecule has 9 heteroatoms. The number of hydrogen-bond acceptors (Lipinski definition) is 6. The van der Waals surface area contributed by atoms with Crippen molar-refractivity contribution in [1.29, 1.82) is 0 Å². The van der Waals surface area contributed by atoms with Gasteiger partial charge in [-0.1, -0.05) is 6.07 Å². The number of carbonyl (C=O) groups is 1. The quantitative estimate of drug-likeness (QED) is 0.703. The van der Waals surface area contributed by atoms with Crippen molar-refractivity contribution in [3.8, 4) is 10.6 Å². The fraction of sp³-hybridized carbons (Fsp3) is 0.421. The molecule has 28 heavy (non-hydrogen) atoms. The summed E-state index contributed by atoms with van der Waals surface area (Å²) >= 11 is 1.57. The lowest BCUT2D eigenvalue weighted by molar-refractivity contribution is 0.0936. The summed E-state index contributed by atoms with van der Waals surface area (Å²) in [5.41, 5.74) is 1.94. The Balaban J connectivity index is 1.72. The zero-order chi connectivity index (χ0) is 19.9. The van der Waals surface area contributed by atoms with E-state index in [2.05, 4.69) is 10.4 Å². The van der Waals surface area contributed by atoms with Gasteiger partial charge in [-0.05, 0) is 44.2 Å². The van der Waals surface area contributed by atoms with E-state index in [9.17, 15) is 13.2 Å². The van der Waals surface area contributed by atoms with Crippen molar-refractivity contribution >= 4 is 38.1 Å². The normalized spacial score (nSPS) is 17.2. The van der Waals surface area contributed by atoms with Gasteiger partial charge in [0.2, 0.25) is 0 Å². The van der Waals surface area contributed by atoms with E-state index < -0.39 is 9.84 Å². The molecule has 148 valence electrons. The number of nitrogens with zero attached hydrogens (tertiary/aromatic N) is 3. The van der Waals surface area contributed by atoms with Crippen LogP contribution in [0.15, 0.2) is 29.8 Å². The molecule has 0 radical (unpaired) electrons. The van der Waals surface area contributed by atoms with Crippen molar-refractivity contribution in [2.24, 2.45) is 0 Å². The maximum absolute atomic E-state index is 13.1. The number of carbonyl (C=O) groups excluding carboxylic acids is 1. The summed E-state index contributed by atoms with van der Waals surface area (Å²) in [6, 6.07) is 5.71. The van der Waals surface area contributed by atoms with Gasteiger partial charge in [0, 0.05) is 12.1 Å². The van der Waals surface area contributed by atoms with Gasteiger partial charge in [0.25, 0.3) is 5.91 Å². The summed E-state index contributed by atoms with van der Waals surface area (Å²) < 4.78 is 25.1. The molecule has 1 amide bonds. The molecule has 0 aromatic carbocycles. The SMILES string of the molecule is CC(C)n1ncc2c(C(=O)NC3CCS(=O)(=O)CC3)cc(-c3cccs3)nc21. The van der Waals surface area contributed by atoms with Crippen molar-refractivity contribution in [3.63, 3.8) is 0 Å². The summed E-state index contributed by atoms with van der Waals surface area (Å²) in [5.74, 6) is 0.0306. The molecule has 0 bridgehead atoms. The van der Waals surface area contributed by atoms with E-state index in [-0.39, 0.29) is 29.5 Å². The van der Waals surface area contributed by atoms with Crippen molar-refractivity contribution in [2.45, 2.75) is 38.8 Å². The van der Waals surface area contributed by atoms with E-state index in [0.717, 1.165) is 10.6 Å². The average Bonchev–Trinajstić information content (AvgIpc) is 3.32. The number of thiophene rings is 1. The molecule has 3 aromatic rings. The Morgan fingerprint density at radius 3 is 2.71 bits per heavy atom. The molecule has 1 N–H and O–H groups in total. The Labute approximate surface area is 167 Å². The summed E-state index contributed by atoms with van der Waals surface area (Å²) in [7, 11) is -2.97. The molecule has 0 atom stereocenters. The smallest absolute Gasteiger partial charge is 0.252 e. The van der Waals surface area contributed by atoms with Gasteiger partial charge in [0.1, 0.15) is 9.84 Å². The standard InChI is InChI=1S/C19H22N4O3S2/c1-12(2)23-18-15(11-20-23)14(10-16(22-18)17-4-3-7-27-17)19(24)21-13-5-8-28(25,26)9-6-13/h3-4,7,10-13H,5-6,8-9H2,1-2H3,(H,21,24). The lowest BCUT2D eigenvalue weighted by atomic mass is 10.1. The van der Waals surface area contributed by atoms with E-state index >= 15 is 0 Å². The number of amides is 1. The third kappa shape index (κ3) is 3.68. The molecule has 0 unspecified atom stereocenters. The predicted octanol–water partition coefficient (Wildman–Crippen LogP) is 3.05. The lowest BCUT2D eigenvalue weighted by Gasteiger charge is -2.23. The number of fused-ring (bicyclic) bond motifs is 1. The topological polar surface area (TPSA) is 94.0 Å². The third-order valence-corrected chi connectivity index (χ3v) is 7.57. The Morgan fingerprint density at radius 1 is 1.32 bits per heavy atom. The number of sulfone groups is 1. The third-order valence-electron chi connectivity index (χ3n) is 4.96. The first-order chi connectivity index (χ1) is 13.3. The Hall–Kier alpha value is -2.26. The number of nitrogens with one attached hydrogen (secondary N) is 1. The highest BCUT2D eigenvalue weighted by molar-refractivity contribution is 7.91. The van der Waals surface area contributed by atoms with E-state index in [1.54, 1.807) is 23.6 Å². The van der Waals surface area contributed by atoms with Crippen LogP contribution in [0, 0.1) is 0 Å². The van der Waals surface area contributed by atoms with E-state index in [0.29, 0.717) is 29.4 Å². The van der Waals surface area contributed by atoms with Crippen LogP contribution in [0.2, 0.25) is 0 Å². The molecule has 0 spiro atoms. The van der Waals surface area contributed by atoms with Crippen LogP contribution in [0.25, 0.3) is 21.6 Å². The summed E-state index contributed by atoms with van der Waals surface area (Å²) in [6.45, 7) is 4.04. The van der Waals surface area contributed by atoms with Crippen LogP contribution in [0.1, 0.15) is 43.1 Å². The van der Waals surface area contributed by atoms with Crippen molar-refractivity contribution in [1.82, 2.24) is 20.1 Å². The van der Waals surface area contributed by atoms with Gasteiger partial charge in [-0.2, -0.15) is 5.10 Å². The first-order valence-corrected chi connectivity index (χ1v) is 12.0. The average molecular weight is 419 g/mol. The highest BCUT2D eigenvalue weighted by Gasteiger charge is 2.26. The molecular formula is C19H22N4O3S2. The molecule has 1 aliphatic rings. The summed E-state index contributed by atoms with van der Waals surface area (Å²) in [6.07, 6.45) is 2.58. The van der Waals surface area contributed by atoms with Crippen LogP contribution in [-0.4, -0.2) is 46.6 Å². The molecule has 1 aliphatic heterocycles. The van der Waals surface area contributed by atoms with Gasteiger partial charge in [-0.15, -0.1) is 11.3 Å². The van der Waals surface area contributed by atoms with Crippen LogP contribution in [0.4, 0.5) is 0 Å². The summed E-state index contributed by atoms with van der Waals surface area (Å²) in [4.78, 5) is 18.8. The molecule has 1 saturated heterocycles. The fourth-order valence-electron chi connectivity index (χ4n) is 3.43. The van der Waals surface area contributed by atoms with E-state index in [1.165, 1.54) is 0 Å². The molecule has 3 aromatic heterocycles. The van der Waals surface area contributed by atoms with Crippen LogP contribution in [0.5, 0.6) is 0 Å². The first-order valence-electron chi connectivity index (χ1n) is 9.27. The van der Waals surface area contributed by atoms with Crippen LogP contribution in [0.3, 0.4) is 0 Å². The number of hydrogen-bond donors (Lipinski definition) is 1. The van der Waals surface area contributed by atoms with Crippen LogP contribution in [-0.2, 0) is 9.84 Å². The molecule has 0 saturated carbocycles. The molecule has 4 rings (SSSR count). The van der Waals surface area contributed by atoms with Gasteiger partial charge in [0.05, 0.1) is 39.2 Å². The minimum atomic E-state index is -2.97. The van der Waals surface area contributed by atoms with Crippen molar-refractivity contribution in [3.05, 3.63) is 35.3 Å². The van der Waals surface area contributed by atoms with Gasteiger partial charge in [0.15, 0.2) is 5.65 Å². The highest BCUT2D eigenvalue weighted by Crippen LogP contribution is 2.29. The minimum absolute atomic E-state index is 0.114. The molecule has 0 aliphatic carbocycles. The molecule has 4 heterocycles. The maximum Gasteiger partial charge on any atom is 0.252 e. The zero-order valence-corrected chi connectivity index (χ0v) is 17.4. The highest BCUT2D eigenvalue weighted by atomic mass is 32.2. The fourth-order valence-corrected chi connectivity index (χ4v) is 5.61.